The highest BCUT2D eigenvalue weighted by Crippen LogP contribution is 2.22. The van der Waals surface area contributed by atoms with E-state index in [1.165, 1.54) is 5.56 Å². The lowest BCUT2D eigenvalue weighted by molar-refractivity contribution is 0.0399. The van der Waals surface area contributed by atoms with E-state index in [1.807, 2.05) is 54.6 Å². The van der Waals surface area contributed by atoms with Crippen molar-refractivity contribution >= 4 is 6.08 Å². The Bertz CT molecular complexity index is 932. The van der Waals surface area contributed by atoms with Crippen LogP contribution in [0, 0.1) is 0 Å². The number of aliphatic hydroxyl groups is 1. The summed E-state index contributed by atoms with van der Waals surface area (Å²) in [5, 5.41) is 9.18. The Kier molecular flexibility index (Phi) is 7.90. The molecule has 0 saturated heterocycles. The molecule has 3 aromatic rings. The number of hydrogen-bond donors (Lipinski definition) is 1. The fraction of sp³-hybridized carbons (Fsp3) is 0.240. The van der Waals surface area contributed by atoms with Gasteiger partial charge in [-0.25, -0.2) is 4.79 Å². The molecule has 0 radical (unpaired) electrons. The third-order valence-corrected chi connectivity index (χ3v) is 4.80. The van der Waals surface area contributed by atoms with Crippen LogP contribution in [0.25, 0.3) is 11.1 Å². The quantitative estimate of drug-likeness (QED) is 0.391. The SMILES string of the molecule is O=C=NC(CCCc1cccc(-c2ccc(CO)cc2)c1)OCc1ccccc1. The lowest BCUT2D eigenvalue weighted by Crippen LogP contribution is -2.10. The average molecular weight is 387 g/mol. The molecule has 0 amide bonds. The van der Waals surface area contributed by atoms with Gasteiger partial charge in [-0.15, -0.1) is 0 Å². The van der Waals surface area contributed by atoms with Crippen LogP contribution in [0.5, 0.6) is 0 Å². The molecule has 1 unspecified atom stereocenters. The standard InChI is InChI=1S/C25H25NO3/c27-17-21-12-14-23(15-13-21)24-10-4-8-20(16-24)9-5-11-25(26-19-28)29-18-22-6-2-1-3-7-22/h1-4,6-8,10,12-16,25,27H,5,9,11,17-18H2. The maximum absolute atomic E-state index is 10.7. The van der Waals surface area contributed by atoms with Crippen molar-refractivity contribution in [2.75, 3.05) is 0 Å². The van der Waals surface area contributed by atoms with Gasteiger partial charge in [0.25, 0.3) is 0 Å². The monoisotopic (exact) mass is 387 g/mol. The molecule has 0 saturated carbocycles. The Hall–Kier alpha value is -3.04. The Morgan fingerprint density at radius 2 is 1.62 bits per heavy atom. The Labute approximate surface area is 171 Å². The minimum Gasteiger partial charge on any atom is -0.392 e. The molecular formula is C25H25NO3. The van der Waals surface area contributed by atoms with Crippen LogP contribution >= 0.6 is 0 Å². The number of aliphatic hydroxyl groups excluding tert-OH is 1. The largest absolute Gasteiger partial charge is 0.392 e. The first-order valence-electron chi connectivity index (χ1n) is 9.80. The molecule has 4 heteroatoms. The van der Waals surface area contributed by atoms with Crippen LogP contribution in [0.3, 0.4) is 0 Å². The fourth-order valence-electron chi connectivity index (χ4n) is 3.20. The summed E-state index contributed by atoms with van der Waals surface area (Å²) in [5.74, 6) is 0. The van der Waals surface area contributed by atoms with E-state index in [2.05, 4.69) is 29.3 Å². The second-order valence-corrected chi connectivity index (χ2v) is 6.92. The lowest BCUT2D eigenvalue weighted by atomic mass is 9.99. The number of ether oxygens (including phenoxy) is 1. The number of isocyanates is 1. The van der Waals surface area contributed by atoms with E-state index in [0.717, 1.165) is 35.1 Å². The van der Waals surface area contributed by atoms with Crippen LogP contribution in [-0.2, 0) is 29.2 Å². The van der Waals surface area contributed by atoms with Gasteiger partial charge in [0.15, 0.2) is 6.23 Å². The predicted octanol–water partition coefficient (Wildman–Crippen LogP) is 5.05. The average Bonchev–Trinajstić information content (AvgIpc) is 2.78. The molecule has 29 heavy (non-hydrogen) atoms. The summed E-state index contributed by atoms with van der Waals surface area (Å²) in [5.41, 5.74) is 5.46. The highest BCUT2D eigenvalue weighted by molar-refractivity contribution is 5.64. The molecule has 4 nitrogen and oxygen atoms in total. The fourth-order valence-corrected chi connectivity index (χ4v) is 3.20. The van der Waals surface area contributed by atoms with E-state index in [-0.39, 0.29) is 6.61 Å². The topological polar surface area (TPSA) is 58.9 Å². The summed E-state index contributed by atoms with van der Waals surface area (Å²) in [7, 11) is 0. The second-order valence-electron chi connectivity index (χ2n) is 6.92. The van der Waals surface area contributed by atoms with Crippen LogP contribution < -0.4 is 0 Å². The zero-order valence-electron chi connectivity index (χ0n) is 16.3. The summed E-state index contributed by atoms with van der Waals surface area (Å²) in [4.78, 5) is 14.5. The summed E-state index contributed by atoms with van der Waals surface area (Å²) >= 11 is 0. The van der Waals surface area contributed by atoms with Crippen LogP contribution in [0.1, 0.15) is 29.5 Å². The van der Waals surface area contributed by atoms with E-state index in [0.29, 0.717) is 13.0 Å². The Morgan fingerprint density at radius 1 is 0.862 bits per heavy atom. The van der Waals surface area contributed by atoms with Crippen molar-refractivity contribution in [1.82, 2.24) is 0 Å². The van der Waals surface area contributed by atoms with Crippen molar-refractivity contribution in [3.05, 3.63) is 95.6 Å². The van der Waals surface area contributed by atoms with Crippen LogP contribution in [0.4, 0.5) is 0 Å². The van der Waals surface area contributed by atoms with Crippen LogP contribution in [0.2, 0.25) is 0 Å². The maximum atomic E-state index is 10.7. The predicted molar refractivity (Wildman–Crippen MR) is 114 cm³/mol. The zero-order chi connectivity index (χ0) is 20.3. The molecule has 0 aliphatic carbocycles. The molecule has 0 fully saturated rings. The van der Waals surface area contributed by atoms with E-state index in [9.17, 15) is 9.90 Å². The van der Waals surface area contributed by atoms with Gasteiger partial charge >= 0.3 is 0 Å². The summed E-state index contributed by atoms with van der Waals surface area (Å²) in [6.45, 7) is 0.479. The molecule has 0 aliphatic heterocycles. The van der Waals surface area contributed by atoms with E-state index in [1.54, 1.807) is 6.08 Å². The molecule has 3 rings (SSSR count). The summed E-state index contributed by atoms with van der Waals surface area (Å²) in [6, 6.07) is 26.2. The van der Waals surface area contributed by atoms with Crippen molar-refractivity contribution in [2.24, 2.45) is 4.99 Å². The first kappa shape index (κ1) is 20.7. The third-order valence-electron chi connectivity index (χ3n) is 4.80. The molecule has 0 spiro atoms. The molecule has 0 aromatic heterocycles. The first-order chi connectivity index (χ1) is 14.3. The first-order valence-corrected chi connectivity index (χ1v) is 9.80. The van der Waals surface area contributed by atoms with E-state index >= 15 is 0 Å². The zero-order valence-corrected chi connectivity index (χ0v) is 16.3. The number of aryl methyl sites for hydroxylation is 1. The number of benzene rings is 3. The number of aliphatic imine (C=N–C) groups is 1. The smallest absolute Gasteiger partial charge is 0.237 e. The van der Waals surface area contributed by atoms with Crippen molar-refractivity contribution < 1.29 is 14.6 Å². The van der Waals surface area contributed by atoms with Crippen molar-refractivity contribution in [3.8, 4) is 11.1 Å². The van der Waals surface area contributed by atoms with Crippen molar-refractivity contribution in [1.29, 1.82) is 0 Å². The van der Waals surface area contributed by atoms with Gasteiger partial charge in [0.2, 0.25) is 6.08 Å². The van der Waals surface area contributed by atoms with Gasteiger partial charge in [0, 0.05) is 0 Å². The van der Waals surface area contributed by atoms with Gasteiger partial charge in [0.1, 0.15) is 0 Å². The Balaban J connectivity index is 1.54. The minimum atomic E-state index is -0.470. The molecule has 148 valence electrons. The minimum absolute atomic E-state index is 0.0527. The summed E-state index contributed by atoms with van der Waals surface area (Å²) < 4.78 is 5.77. The van der Waals surface area contributed by atoms with Gasteiger partial charge < -0.3 is 9.84 Å². The molecule has 1 N–H and O–H groups in total. The van der Waals surface area contributed by atoms with Gasteiger partial charge in [-0.1, -0.05) is 78.9 Å². The number of hydrogen-bond acceptors (Lipinski definition) is 4. The summed E-state index contributed by atoms with van der Waals surface area (Å²) in [6.07, 6.45) is 3.55. The number of rotatable bonds is 10. The van der Waals surface area contributed by atoms with Gasteiger partial charge in [-0.05, 0) is 47.1 Å². The normalized spacial score (nSPS) is 11.6. The maximum Gasteiger partial charge on any atom is 0.237 e. The van der Waals surface area contributed by atoms with Crippen molar-refractivity contribution in [3.63, 3.8) is 0 Å². The Morgan fingerprint density at radius 3 is 2.34 bits per heavy atom. The highest BCUT2D eigenvalue weighted by atomic mass is 16.5. The molecule has 0 heterocycles. The van der Waals surface area contributed by atoms with Crippen molar-refractivity contribution in [2.45, 2.75) is 38.7 Å². The van der Waals surface area contributed by atoms with E-state index < -0.39 is 6.23 Å². The van der Waals surface area contributed by atoms with E-state index in [4.69, 9.17) is 4.74 Å². The third kappa shape index (κ3) is 6.51. The van der Waals surface area contributed by atoms with Gasteiger partial charge in [0.05, 0.1) is 13.2 Å². The number of nitrogens with zero attached hydrogens (tertiary/aromatic N) is 1. The highest BCUT2D eigenvalue weighted by Gasteiger charge is 2.08. The molecule has 0 aliphatic rings. The molecule has 3 aromatic carbocycles. The molecule has 1 atom stereocenters. The number of carbonyl (C=O) groups excluding carboxylic acids is 1. The van der Waals surface area contributed by atoms with Gasteiger partial charge in [-0.2, -0.15) is 4.99 Å². The second kappa shape index (κ2) is 11.1. The molecular weight excluding hydrogens is 362 g/mol. The van der Waals surface area contributed by atoms with Gasteiger partial charge in [-0.3, -0.25) is 0 Å². The van der Waals surface area contributed by atoms with Crippen LogP contribution in [0.15, 0.2) is 83.9 Å². The molecule has 0 bridgehead atoms. The lowest BCUT2D eigenvalue weighted by Gasteiger charge is -2.12. The van der Waals surface area contributed by atoms with Crippen LogP contribution in [-0.4, -0.2) is 17.4 Å².